The fourth-order valence-corrected chi connectivity index (χ4v) is 5.03. The highest BCUT2D eigenvalue weighted by atomic mass is 32.2. The fraction of sp³-hybridized carbons (Fsp3) is 0.933. The van der Waals surface area contributed by atoms with E-state index in [1.165, 1.54) is 11.5 Å². The quantitative estimate of drug-likeness (QED) is 0.854. The summed E-state index contributed by atoms with van der Waals surface area (Å²) in [6, 6.07) is 0.530. The van der Waals surface area contributed by atoms with E-state index in [1.807, 2.05) is 11.8 Å². The third-order valence-corrected chi connectivity index (χ3v) is 5.95. The van der Waals surface area contributed by atoms with Gasteiger partial charge in [-0.25, -0.2) is 0 Å². The molecular weight excluding hydrogens is 290 g/mol. The second kappa shape index (κ2) is 6.86. The first-order valence-electron chi connectivity index (χ1n) is 7.96. The minimum absolute atomic E-state index is 0.0920. The van der Waals surface area contributed by atoms with Crippen molar-refractivity contribution in [1.29, 1.82) is 0 Å². The first kappa shape index (κ1) is 15.6. The number of hydrogen-bond acceptors (Lipinski definition) is 5. The Morgan fingerprint density at radius 3 is 2.90 bits per heavy atom. The average Bonchev–Trinajstić information content (AvgIpc) is 2.48. The Hall–Kier alpha value is -0.300. The van der Waals surface area contributed by atoms with Crippen LogP contribution in [0.2, 0.25) is 0 Å². The lowest BCUT2D eigenvalue weighted by molar-refractivity contribution is -0.146. The molecule has 3 fully saturated rings. The van der Waals surface area contributed by atoms with Crippen molar-refractivity contribution in [2.24, 2.45) is 0 Å². The van der Waals surface area contributed by atoms with Gasteiger partial charge in [-0.1, -0.05) is 0 Å². The van der Waals surface area contributed by atoms with Crippen molar-refractivity contribution in [1.82, 2.24) is 4.90 Å². The Morgan fingerprint density at radius 1 is 1.33 bits per heavy atom. The van der Waals surface area contributed by atoms with E-state index >= 15 is 0 Å². The first-order valence-corrected chi connectivity index (χ1v) is 9.11. The number of rotatable bonds is 3. The molecule has 0 saturated carbocycles. The predicted molar refractivity (Wildman–Crippen MR) is 81.8 cm³/mol. The van der Waals surface area contributed by atoms with Gasteiger partial charge >= 0.3 is 5.97 Å². The molecule has 1 spiro atoms. The molecule has 0 aromatic heterocycles. The Kier molecular flexibility index (Phi) is 5.09. The van der Waals surface area contributed by atoms with Crippen molar-refractivity contribution >= 4 is 17.7 Å². The van der Waals surface area contributed by atoms with Gasteiger partial charge in [0.05, 0.1) is 24.7 Å². The van der Waals surface area contributed by atoms with Crippen molar-refractivity contribution < 1.29 is 19.4 Å². The molecule has 6 heteroatoms. The number of aliphatic carboxylic acids is 1. The second-order valence-electron chi connectivity index (χ2n) is 6.38. The number of carboxylic acids is 1. The average molecular weight is 315 g/mol. The van der Waals surface area contributed by atoms with Crippen LogP contribution in [-0.4, -0.2) is 71.5 Å². The molecule has 0 aliphatic carbocycles. The molecular formula is C15H25NO4S. The van der Waals surface area contributed by atoms with Crippen LogP contribution < -0.4 is 0 Å². The molecule has 120 valence electrons. The van der Waals surface area contributed by atoms with E-state index in [0.717, 1.165) is 45.4 Å². The van der Waals surface area contributed by atoms with Gasteiger partial charge in [-0.05, 0) is 37.2 Å². The monoisotopic (exact) mass is 315 g/mol. The number of carbonyl (C=O) groups is 1. The highest BCUT2D eigenvalue weighted by Crippen LogP contribution is 2.39. The highest BCUT2D eigenvalue weighted by molar-refractivity contribution is 7.99. The molecule has 2 unspecified atom stereocenters. The second-order valence-corrected chi connectivity index (χ2v) is 7.60. The van der Waals surface area contributed by atoms with Gasteiger partial charge in [0.1, 0.15) is 0 Å². The van der Waals surface area contributed by atoms with Crippen LogP contribution in [0, 0.1) is 0 Å². The van der Waals surface area contributed by atoms with Crippen LogP contribution in [0.1, 0.15) is 32.1 Å². The van der Waals surface area contributed by atoms with Crippen molar-refractivity contribution in [2.75, 3.05) is 37.8 Å². The van der Waals surface area contributed by atoms with Crippen molar-refractivity contribution in [3.63, 3.8) is 0 Å². The summed E-state index contributed by atoms with van der Waals surface area (Å²) in [6.45, 7) is 3.17. The standard InChI is InChI=1S/C15H25NO4S/c17-14(18)9-13-11-16(4-6-19-13)12-1-5-20-15(10-12)2-7-21-8-3-15/h12-13H,1-11H2,(H,17,18). The molecule has 3 aliphatic heterocycles. The number of thioether (sulfide) groups is 1. The van der Waals surface area contributed by atoms with Crippen LogP contribution in [0.5, 0.6) is 0 Å². The third-order valence-electron chi connectivity index (χ3n) is 4.96. The van der Waals surface area contributed by atoms with Crippen LogP contribution in [0.15, 0.2) is 0 Å². The molecule has 3 heterocycles. The van der Waals surface area contributed by atoms with Gasteiger partial charge in [0, 0.05) is 25.7 Å². The van der Waals surface area contributed by atoms with Gasteiger partial charge in [-0.2, -0.15) is 11.8 Å². The van der Waals surface area contributed by atoms with E-state index in [-0.39, 0.29) is 18.1 Å². The Morgan fingerprint density at radius 2 is 2.14 bits per heavy atom. The summed E-state index contributed by atoms with van der Waals surface area (Å²) in [7, 11) is 0. The van der Waals surface area contributed by atoms with Crippen LogP contribution in [0.25, 0.3) is 0 Å². The maximum atomic E-state index is 10.9. The highest BCUT2D eigenvalue weighted by Gasteiger charge is 2.41. The van der Waals surface area contributed by atoms with Crippen LogP contribution in [0.3, 0.4) is 0 Å². The van der Waals surface area contributed by atoms with Crippen molar-refractivity contribution in [3.8, 4) is 0 Å². The summed E-state index contributed by atoms with van der Waals surface area (Å²) < 4.78 is 11.7. The molecule has 3 rings (SSSR count). The van der Waals surface area contributed by atoms with E-state index in [4.69, 9.17) is 14.6 Å². The molecule has 0 amide bonds. The topological polar surface area (TPSA) is 59.0 Å². The van der Waals surface area contributed by atoms with Crippen LogP contribution in [-0.2, 0) is 14.3 Å². The summed E-state index contributed by atoms with van der Waals surface area (Å²) >= 11 is 2.03. The Balaban J connectivity index is 1.58. The van der Waals surface area contributed by atoms with Crippen LogP contribution in [0.4, 0.5) is 0 Å². The maximum absolute atomic E-state index is 10.9. The molecule has 2 atom stereocenters. The lowest BCUT2D eigenvalue weighted by atomic mass is 9.84. The first-order chi connectivity index (χ1) is 10.2. The number of ether oxygens (including phenoxy) is 2. The fourth-order valence-electron chi connectivity index (χ4n) is 3.80. The SMILES string of the molecule is O=C(O)CC1CN(C2CCOC3(CCSCC3)C2)CCO1. The third kappa shape index (κ3) is 3.92. The zero-order chi connectivity index (χ0) is 14.7. The maximum Gasteiger partial charge on any atom is 0.306 e. The summed E-state index contributed by atoms with van der Waals surface area (Å²) in [6.07, 6.45) is 4.45. The van der Waals surface area contributed by atoms with Gasteiger partial charge < -0.3 is 14.6 Å². The molecule has 1 N–H and O–H groups in total. The number of hydrogen-bond donors (Lipinski definition) is 1. The summed E-state index contributed by atoms with van der Waals surface area (Å²) in [5.74, 6) is 1.64. The minimum atomic E-state index is -0.769. The number of morpholine rings is 1. The smallest absolute Gasteiger partial charge is 0.306 e. The molecule has 0 radical (unpaired) electrons. The zero-order valence-corrected chi connectivity index (χ0v) is 13.3. The van der Waals surface area contributed by atoms with E-state index in [9.17, 15) is 4.79 Å². The van der Waals surface area contributed by atoms with Gasteiger partial charge in [0.15, 0.2) is 0 Å². The van der Waals surface area contributed by atoms with Gasteiger partial charge in [0.25, 0.3) is 0 Å². The van der Waals surface area contributed by atoms with E-state index in [2.05, 4.69) is 4.90 Å². The van der Waals surface area contributed by atoms with E-state index in [0.29, 0.717) is 12.6 Å². The molecule has 3 aliphatic rings. The number of carboxylic acid groups (broad SMARTS) is 1. The lowest BCUT2D eigenvalue weighted by Crippen LogP contribution is -2.54. The predicted octanol–water partition coefficient (Wildman–Crippen LogP) is 1.61. The summed E-state index contributed by atoms with van der Waals surface area (Å²) in [4.78, 5) is 13.3. The molecule has 21 heavy (non-hydrogen) atoms. The van der Waals surface area contributed by atoms with Crippen molar-refractivity contribution in [3.05, 3.63) is 0 Å². The zero-order valence-electron chi connectivity index (χ0n) is 12.5. The minimum Gasteiger partial charge on any atom is -0.481 e. The van der Waals surface area contributed by atoms with Crippen LogP contribution >= 0.6 is 11.8 Å². The molecule has 0 bridgehead atoms. The van der Waals surface area contributed by atoms with Gasteiger partial charge in [-0.15, -0.1) is 0 Å². The summed E-state index contributed by atoms with van der Waals surface area (Å²) in [5.41, 5.74) is 0.0920. The van der Waals surface area contributed by atoms with Gasteiger partial charge in [-0.3, -0.25) is 9.69 Å². The van der Waals surface area contributed by atoms with E-state index < -0.39 is 5.97 Å². The Labute approximate surface area is 130 Å². The number of nitrogens with zero attached hydrogens (tertiary/aromatic N) is 1. The lowest BCUT2D eigenvalue weighted by Gasteiger charge is -2.48. The molecule has 5 nitrogen and oxygen atoms in total. The summed E-state index contributed by atoms with van der Waals surface area (Å²) in [5, 5.41) is 8.94. The molecule has 0 aromatic rings. The normalized spacial score (nSPS) is 33.9. The van der Waals surface area contributed by atoms with E-state index in [1.54, 1.807) is 0 Å². The molecule has 0 aromatic carbocycles. The molecule has 3 saturated heterocycles. The largest absolute Gasteiger partial charge is 0.481 e. The van der Waals surface area contributed by atoms with Crippen molar-refractivity contribution in [2.45, 2.75) is 49.9 Å². The van der Waals surface area contributed by atoms with Gasteiger partial charge in [0.2, 0.25) is 0 Å². The Bertz CT molecular complexity index is 367.